The molecule has 10 heteroatoms. The fourth-order valence-corrected chi connectivity index (χ4v) is 2.34. The monoisotopic (exact) mass is 375 g/mol. The number of alkyl halides is 3. The van der Waals surface area contributed by atoms with Crippen LogP contribution < -0.4 is 20.1 Å². The van der Waals surface area contributed by atoms with E-state index < -0.39 is 24.7 Å². The molecule has 0 spiro atoms. The van der Waals surface area contributed by atoms with Gasteiger partial charge in [-0.2, -0.15) is 13.2 Å². The molecule has 2 N–H and O–H groups in total. The molecule has 1 unspecified atom stereocenters. The molecule has 3 amide bonds. The Hall–Kier alpha value is -2.49. The third kappa shape index (κ3) is 6.43. The first kappa shape index (κ1) is 19.8. The topological polar surface area (TPSA) is 79.9 Å². The van der Waals surface area contributed by atoms with Crippen molar-refractivity contribution in [2.45, 2.75) is 19.2 Å². The molecule has 1 aliphatic heterocycles. The van der Waals surface area contributed by atoms with Crippen LogP contribution in [-0.4, -0.2) is 61.9 Å². The molecule has 0 radical (unpaired) electrons. The van der Waals surface area contributed by atoms with Gasteiger partial charge in [0.1, 0.15) is 19.3 Å². The standard InChI is InChI=1S/C16H20F3N3O4/c1-2-22(8-14(23)21-15(24)20-10-16(17,18)19)7-11-9-25-12-5-3-4-6-13(12)26-11/h3-6,11H,2,7-10H2,1H3,(H2,20,21,23,24). The van der Waals surface area contributed by atoms with E-state index in [4.69, 9.17) is 9.47 Å². The Morgan fingerprint density at radius 1 is 1.27 bits per heavy atom. The summed E-state index contributed by atoms with van der Waals surface area (Å²) in [7, 11) is 0. The SMILES string of the molecule is CCN(CC(=O)NC(=O)NCC(F)(F)F)CC1COc2ccccc2O1. The highest BCUT2D eigenvalue weighted by Crippen LogP contribution is 2.30. The third-order valence-electron chi connectivity index (χ3n) is 3.55. The number of carbonyl (C=O) groups excluding carboxylic acids is 2. The highest BCUT2D eigenvalue weighted by molar-refractivity contribution is 5.95. The molecule has 1 aromatic carbocycles. The predicted molar refractivity (Wildman–Crippen MR) is 86.1 cm³/mol. The summed E-state index contributed by atoms with van der Waals surface area (Å²) in [6, 6.07) is 6.02. The first-order valence-electron chi connectivity index (χ1n) is 8.02. The van der Waals surface area contributed by atoms with Crippen molar-refractivity contribution in [3.8, 4) is 11.5 Å². The summed E-state index contributed by atoms with van der Waals surface area (Å²) in [5, 5.41) is 3.45. The second-order valence-corrected chi connectivity index (χ2v) is 5.67. The number of hydrogen-bond acceptors (Lipinski definition) is 5. The molecule has 7 nitrogen and oxygen atoms in total. The summed E-state index contributed by atoms with van der Waals surface area (Å²) in [6.45, 7) is 1.31. The zero-order valence-electron chi connectivity index (χ0n) is 14.1. The zero-order chi connectivity index (χ0) is 19.2. The highest BCUT2D eigenvalue weighted by atomic mass is 19.4. The van der Waals surface area contributed by atoms with Crippen molar-refractivity contribution in [2.75, 3.05) is 32.8 Å². The lowest BCUT2D eigenvalue weighted by Gasteiger charge is -2.30. The highest BCUT2D eigenvalue weighted by Gasteiger charge is 2.28. The molecule has 0 bridgehead atoms. The van der Waals surface area contributed by atoms with Gasteiger partial charge in [0.2, 0.25) is 5.91 Å². The van der Waals surface area contributed by atoms with Crippen molar-refractivity contribution in [3.63, 3.8) is 0 Å². The van der Waals surface area contributed by atoms with Crippen LogP contribution in [0.15, 0.2) is 24.3 Å². The van der Waals surface area contributed by atoms with Gasteiger partial charge >= 0.3 is 12.2 Å². The predicted octanol–water partition coefficient (Wildman–Crippen LogP) is 1.54. The number of amides is 3. The quantitative estimate of drug-likeness (QED) is 0.789. The lowest BCUT2D eigenvalue weighted by molar-refractivity contribution is -0.125. The molecular formula is C16H20F3N3O4. The number of nitrogens with one attached hydrogen (secondary N) is 2. The summed E-state index contributed by atoms with van der Waals surface area (Å²) in [6.07, 6.45) is -4.85. The van der Waals surface area contributed by atoms with E-state index in [1.54, 1.807) is 22.3 Å². The average molecular weight is 375 g/mol. The van der Waals surface area contributed by atoms with Gasteiger partial charge in [-0.1, -0.05) is 19.1 Å². The molecule has 26 heavy (non-hydrogen) atoms. The Kier molecular flexibility index (Phi) is 6.67. The number of imide groups is 1. The Morgan fingerprint density at radius 3 is 2.62 bits per heavy atom. The maximum absolute atomic E-state index is 12.0. The smallest absolute Gasteiger partial charge is 0.405 e. The van der Waals surface area contributed by atoms with Gasteiger partial charge in [-0.25, -0.2) is 4.79 Å². The lowest BCUT2D eigenvalue weighted by atomic mass is 10.2. The van der Waals surface area contributed by atoms with Gasteiger partial charge in [-0.15, -0.1) is 0 Å². The average Bonchev–Trinajstić information content (AvgIpc) is 2.58. The number of likely N-dealkylation sites (N-methyl/N-ethyl adjacent to an activating group) is 1. The number of fused-ring (bicyclic) bond motifs is 1. The molecule has 1 atom stereocenters. The summed E-state index contributed by atoms with van der Waals surface area (Å²) in [5.41, 5.74) is 0. The van der Waals surface area contributed by atoms with Crippen LogP contribution in [0.25, 0.3) is 0 Å². The van der Waals surface area contributed by atoms with E-state index >= 15 is 0 Å². The number of rotatable bonds is 6. The molecule has 0 fully saturated rings. The van der Waals surface area contributed by atoms with Crippen LogP contribution in [0.2, 0.25) is 0 Å². The minimum atomic E-state index is -4.54. The van der Waals surface area contributed by atoms with E-state index in [2.05, 4.69) is 0 Å². The first-order valence-corrected chi connectivity index (χ1v) is 8.02. The fourth-order valence-electron chi connectivity index (χ4n) is 2.34. The molecule has 1 aliphatic rings. The van der Waals surface area contributed by atoms with Crippen molar-refractivity contribution in [1.29, 1.82) is 0 Å². The Morgan fingerprint density at radius 2 is 1.96 bits per heavy atom. The van der Waals surface area contributed by atoms with Crippen molar-refractivity contribution < 1.29 is 32.2 Å². The van der Waals surface area contributed by atoms with Gasteiger partial charge in [-0.05, 0) is 18.7 Å². The molecule has 0 saturated carbocycles. The molecular weight excluding hydrogens is 355 g/mol. The van der Waals surface area contributed by atoms with Crippen LogP contribution in [0.1, 0.15) is 6.92 Å². The summed E-state index contributed by atoms with van der Waals surface area (Å²) in [5.74, 6) is 0.547. The van der Waals surface area contributed by atoms with E-state index in [9.17, 15) is 22.8 Å². The number of carbonyl (C=O) groups is 2. The second kappa shape index (κ2) is 8.75. The van der Waals surface area contributed by atoms with Crippen LogP contribution in [-0.2, 0) is 4.79 Å². The van der Waals surface area contributed by atoms with Crippen LogP contribution in [0, 0.1) is 0 Å². The lowest BCUT2D eigenvalue weighted by Crippen LogP contribution is -2.48. The maximum Gasteiger partial charge on any atom is 0.405 e. The van der Waals surface area contributed by atoms with E-state index in [1.807, 2.05) is 24.4 Å². The van der Waals surface area contributed by atoms with E-state index in [1.165, 1.54) is 0 Å². The minimum absolute atomic E-state index is 0.155. The molecule has 0 aliphatic carbocycles. The van der Waals surface area contributed by atoms with Gasteiger partial charge in [-0.3, -0.25) is 15.0 Å². The maximum atomic E-state index is 12.0. The van der Waals surface area contributed by atoms with E-state index in [0.717, 1.165) is 0 Å². The molecule has 0 saturated heterocycles. The van der Waals surface area contributed by atoms with Crippen molar-refractivity contribution >= 4 is 11.9 Å². The molecule has 1 aromatic rings. The van der Waals surface area contributed by atoms with Gasteiger partial charge in [0, 0.05) is 6.54 Å². The number of benzene rings is 1. The van der Waals surface area contributed by atoms with Crippen molar-refractivity contribution in [1.82, 2.24) is 15.5 Å². The molecule has 0 aromatic heterocycles. The van der Waals surface area contributed by atoms with Gasteiger partial charge in [0.15, 0.2) is 11.5 Å². The van der Waals surface area contributed by atoms with Crippen LogP contribution in [0.3, 0.4) is 0 Å². The summed E-state index contributed by atoms with van der Waals surface area (Å²) in [4.78, 5) is 24.8. The molecule has 144 valence electrons. The third-order valence-corrected chi connectivity index (χ3v) is 3.55. The van der Waals surface area contributed by atoms with Gasteiger partial charge in [0.05, 0.1) is 6.54 Å². The number of para-hydroxylation sites is 2. The van der Waals surface area contributed by atoms with E-state index in [-0.39, 0.29) is 12.6 Å². The van der Waals surface area contributed by atoms with Crippen LogP contribution >= 0.6 is 0 Å². The van der Waals surface area contributed by atoms with Gasteiger partial charge in [0.25, 0.3) is 0 Å². The normalized spacial score (nSPS) is 16.3. The van der Waals surface area contributed by atoms with Crippen LogP contribution in [0.5, 0.6) is 11.5 Å². The second-order valence-electron chi connectivity index (χ2n) is 5.67. The van der Waals surface area contributed by atoms with E-state index in [0.29, 0.717) is 31.2 Å². The fraction of sp³-hybridized carbons (Fsp3) is 0.500. The summed E-state index contributed by atoms with van der Waals surface area (Å²) < 4.78 is 47.5. The van der Waals surface area contributed by atoms with Crippen molar-refractivity contribution in [2.24, 2.45) is 0 Å². The largest absolute Gasteiger partial charge is 0.486 e. The number of nitrogens with zero attached hydrogens (tertiary/aromatic N) is 1. The zero-order valence-corrected chi connectivity index (χ0v) is 14.1. The van der Waals surface area contributed by atoms with Crippen LogP contribution in [0.4, 0.5) is 18.0 Å². The Labute approximate surface area is 148 Å². The molecule has 1 heterocycles. The number of ether oxygens (including phenoxy) is 2. The van der Waals surface area contributed by atoms with Gasteiger partial charge < -0.3 is 14.8 Å². The number of hydrogen-bond donors (Lipinski definition) is 2. The first-order chi connectivity index (χ1) is 12.3. The Balaban J connectivity index is 1.78. The van der Waals surface area contributed by atoms with Crippen molar-refractivity contribution in [3.05, 3.63) is 24.3 Å². The number of halogens is 3. The Bertz CT molecular complexity index is 639. The number of urea groups is 1. The summed E-state index contributed by atoms with van der Waals surface area (Å²) >= 11 is 0. The minimum Gasteiger partial charge on any atom is -0.486 e. The molecule has 2 rings (SSSR count).